The van der Waals surface area contributed by atoms with Crippen LogP contribution >= 0.6 is 0 Å². The molecule has 0 bridgehead atoms. The summed E-state index contributed by atoms with van der Waals surface area (Å²) in [5, 5.41) is 15.5. The van der Waals surface area contributed by atoms with Gasteiger partial charge in [-0.3, -0.25) is 18.9 Å². The summed E-state index contributed by atoms with van der Waals surface area (Å²) >= 11 is 0.750. The fourth-order valence-corrected chi connectivity index (χ4v) is 3.09. The van der Waals surface area contributed by atoms with Gasteiger partial charge in [-0.1, -0.05) is 153 Å². The molecule has 0 atom stereocenters. The molecule has 48 heavy (non-hydrogen) atoms. The maximum atomic E-state index is 9.84. The van der Waals surface area contributed by atoms with E-state index in [1.54, 1.807) is 0 Å². The molecule has 6 nitrogen and oxygen atoms in total. The van der Waals surface area contributed by atoms with Crippen molar-refractivity contribution in [2.24, 2.45) is 21.7 Å². The van der Waals surface area contributed by atoms with E-state index < -0.39 is 0 Å². The number of aliphatic hydroxyl groups is 2. The van der Waals surface area contributed by atoms with Crippen LogP contribution in [0.5, 0.6) is 0 Å². The van der Waals surface area contributed by atoms with Gasteiger partial charge in [0.05, 0.1) is 13.2 Å². The van der Waals surface area contributed by atoms with E-state index in [4.69, 9.17) is 13.5 Å². The van der Waals surface area contributed by atoms with Gasteiger partial charge in [-0.15, -0.1) is 13.2 Å². The zero-order valence-corrected chi connectivity index (χ0v) is 35.4. The summed E-state index contributed by atoms with van der Waals surface area (Å²) in [5.74, 6) is 0. The first-order chi connectivity index (χ1) is 22.0. The van der Waals surface area contributed by atoms with Gasteiger partial charge in [0.1, 0.15) is 0 Å². The molecule has 0 radical (unpaired) electrons. The van der Waals surface area contributed by atoms with E-state index in [9.17, 15) is 14.4 Å². The van der Waals surface area contributed by atoms with Gasteiger partial charge >= 0.3 is 23.7 Å². The minimum absolute atomic E-state index is 0.0833. The monoisotopic (exact) mass is 717 g/mol. The van der Waals surface area contributed by atoms with Crippen molar-refractivity contribution in [2.45, 2.75) is 179 Å². The molecule has 0 unspecified atom stereocenters. The van der Waals surface area contributed by atoms with E-state index in [1.807, 2.05) is 18.9 Å². The van der Waals surface area contributed by atoms with Gasteiger partial charge in [0.15, 0.2) is 0 Å². The summed E-state index contributed by atoms with van der Waals surface area (Å²) in [4.78, 5) is 29.5. The zero-order valence-electron chi connectivity index (χ0n) is 33.8. The first kappa shape index (κ1) is 62.1. The van der Waals surface area contributed by atoms with Crippen molar-refractivity contribution in [2.75, 3.05) is 13.2 Å². The quantitative estimate of drug-likeness (QED) is 0.0671. The van der Waals surface area contributed by atoms with Crippen LogP contribution in [0.4, 0.5) is 0 Å². The predicted octanol–water partition coefficient (Wildman–Crippen LogP) is 11.4. The van der Waals surface area contributed by atoms with Gasteiger partial charge in [0.25, 0.3) is 0 Å². The zero-order chi connectivity index (χ0) is 39.6. The molecule has 0 aromatic carbocycles. The SMILES string of the molecule is C=CCO.C=CCO.CC(C)(C)CCCCC[C-]=O.CC(C)(C)CCCCC[C-]=O.CC(C)(C)CCCCC[C-]=O.[CH2-]C(C)(C)C.[O]=[Ti]. The molecule has 0 aliphatic carbocycles. The first-order valence-electron chi connectivity index (χ1n) is 17.6. The standard InChI is InChI=1S/3C10H19O.C5H11.2C3H6O.O.Ti/c3*1-10(2,3)8-6-4-5-7-9-11;1-5(2,3)4;2*1-2-3-4;;/h3*4-8H2,1-3H3;1H2,2-4H3;2*2,4H,1,3H2;;/q4*-1;;;;. The molecular weight excluding hydrogens is 636 g/mol. The average molecular weight is 717 g/mol. The van der Waals surface area contributed by atoms with Crippen molar-refractivity contribution < 1.29 is 48.3 Å². The van der Waals surface area contributed by atoms with Crippen LogP contribution in [0.2, 0.25) is 0 Å². The molecule has 2 N–H and O–H groups in total. The summed E-state index contributed by atoms with van der Waals surface area (Å²) in [5.41, 5.74) is 1.60. The summed E-state index contributed by atoms with van der Waals surface area (Å²) in [6.07, 6.45) is 24.5. The van der Waals surface area contributed by atoms with Gasteiger partial charge in [-0.25, -0.2) is 0 Å². The summed E-state index contributed by atoms with van der Waals surface area (Å²) in [6, 6.07) is 0. The number of hydrogen-bond acceptors (Lipinski definition) is 6. The van der Waals surface area contributed by atoms with Crippen LogP contribution < -0.4 is 0 Å². The Hall–Kier alpha value is -1.08. The fraction of sp³-hybridized carbons (Fsp3) is 0.805. The van der Waals surface area contributed by atoms with Gasteiger partial charge in [0.2, 0.25) is 0 Å². The average Bonchev–Trinajstić information content (AvgIpc) is 2.96. The van der Waals surface area contributed by atoms with E-state index in [0.29, 0.717) is 35.5 Å². The molecule has 0 aromatic rings. The van der Waals surface area contributed by atoms with Crippen molar-refractivity contribution in [3.63, 3.8) is 0 Å². The first-order valence-corrected chi connectivity index (χ1v) is 18.2. The molecule has 0 aliphatic heterocycles. The predicted molar refractivity (Wildman–Crippen MR) is 205 cm³/mol. The van der Waals surface area contributed by atoms with Crippen molar-refractivity contribution in [3.05, 3.63) is 32.2 Å². The molecular formula is C41H80O6Ti-4. The van der Waals surface area contributed by atoms with Crippen LogP contribution in [-0.4, -0.2) is 42.3 Å². The summed E-state index contributed by atoms with van der Waals surface area (Å²) in [6.45, 7) is 36.9. The Kier molecular flexibility index (Phi) is 59.4. The van der Waals surface area contributed by atoms with E-state index >= 15 is 0 Å². The molecule has 0 saturated heterocycles. The third-order valence-electron chi connectivity index (χ3n) is 5.38. The van der Waals surface area contributed by atoms with Crippen LogP contribution in [0, 0.1) is 28.6 Å². The molecule has 7 heteroatoms. The number of aliphatic hydroxyl groups excluding tert-OH is 2. The van der Waals surface area contributed by atoms with Gasteiger partial charge in [0, 0.05) is 0 Å². The van der Waals surface area contributed by atoms with Crippen molar-refractivity contribution in [3.8, 4) is 0 Å². The second-order valence-corrected chi connectivity index (χ2v) is 16.3. The van der Waals surface area contributed by atoms with Crippen LogP contribution in [-0.2, 0) is 38.1 Å². The summed E-state index contributed by atoms with van der Waals surface area (Å²) < 4.78 is 8.25. The fourth-order valence-electron chi connectivity index (χ4n) is 3.09. The Morgan fingerprint density at radius 3 is 0.771 bits per heavy atom. The third kappa shape index (κ3) is 140. The van der Waals surface area contributed by atoms with Crippen LogP contribution in [0.15, 0.2) is 25.3 Å². The van der Waals surface area contributed by atoms with Crippen LogP contribution in [0.3, 0.4) is 0 Å². The van der Waals surface area contributed by atoms with Gasteiger partial charge < -0.3 is 31.5 Å². The molecule has 0 rings (SSSR count). The van der Waals surface area contributed by atoms with Gasteiger partial charge in [-0.2, -0.15) is 24.7 Å². The molecule has 0 aliphatic rings. The molecule has 0 spiro atoms. The topological polar surface area (TPSA) is 109 Å². The van der Waals surface area contributed by atoms with E-state index in [-0.39, 0.29) is 18.6 Å². The van der Waals surface area contributed by atoms with Crippen LogP contribution in [0.25, 0.3) is 0 Å². The Bertz CT molecular complexity index is 569. The Balaban J connectivity index is -0.0000000871. The van der Waals surface area contributed by atoms with Crippen molar-refractivity contribution in [1.82, 2.24) is 0 Å². The molecule has 0 amide bonds. The second kappa shape index (κ2) is 45.9. The van der Waals surface area contributed by atoms with E-state index in [2.05, 4.69) is 103 Å². The third-order valence-corrected chi connectivity index (χ3v) is 5.38. The normalized spacial score (nSPS) is 10.3. The molecule has 0 heterocycles. The Morgan fingerprint density at radius 1 is 0.500 bits per heavy atom. The summed E-state index contributed by atoms with van der Waals surface area (Å²) in [7, 11) is 0. The number of unbranched alkanes of at least 4 members (excludes halogenated alkanes) is 9. The van der Waals surface area contributed by atoms with Crippen molar-refractivity contribution >= 4 is 18.9 Å². The molecule has 0 fully saturated rings. The second-order valence-electron chi connectivity index (χ2n) is 16.3. The van der Waals surface area contributed by atoms with Gasteiger partial charge in [-0.05, 0) is 35.5 Å². The molecule has 0 aromatic heterocycles. The molecule has 288 valence electrons. The van der Waals surface area contributed by atoms with Crippen molar-refractivity contribution in [1.29, 1.82) is 0 Å². The number of rotatable bonds is 17. The number of carbonyl (C=O) groups excluding carboxylic acids is 3. The Morgan fingerprint density at radius 2 is 0.667 bits per heavy atom. The minimum atomic E-state index is 0.0833. The maximum absolute atomic E-state index is 9.84. The molecule has 0 saturated carbocycles. The van der Waals surface area contributed by atoms with Crippen LogP contribution in [0.1, 0.15) is 179 Å². The van der Waals surface area contributed by atoms with E-state index in [1.165, 1.54) is 69.9 Å². The Labute approximate surface area is 312 Å². The van der Waals surface area contributed by atoms with E-state index in [0.717, 1.165) is 39.7 Å². The number of hydrogen-bond donors (Lipinski definition) is 2.